The van der Waals surface area contributed by atoms with Crippen molar-refractivity contribution >= 4 is 5.91 Å². The van der Waals surface area contributed by atoms with E-state index in [9.17, 15) is 4.79 Å². The summed E-state index contributed by atoms with van der Waals surface area (Å²) in [5.41, 5.74) is 1.93. The molecule has 0 spiro atoms. The summed E-state index contributed by atoms with van der Waals surface area (Å²) in [4.78, 5) is 25.0. The van der Waals surface area contributed by atoms with Crippen LogP contribution < -0.4 is 0 Å². The summed E-state index contributed by atoms with van der Waals surface area (Å²) in [6, 6.07) is 1.89. The fourth-order valence-corrected chi connectivity index (χ4v) is 3.66. The SMILES string of the molecule is CN1CCN(C(=O)c2cc[nH]c2C2CC2)C[C@H]1c1nc(C2CC2)no1. The lowest BCUT2D eigenvalue weighted by Crippen LogP contribution is -2.49. The summed E-state index contributed by atoms with van der Waals surface area (Å²) in [5, 5.41) is 4.13. The van der Waals surface area contributed by atoms with Crippen LogP contribution in [0, 0.1) is 0 Å². The largest absolute Gasteiger partial charge is 0.364 e. The zero-order valence-electron chi connectivity index (χ0n) is 14.4. The molecule has 1 amide bonds. The molecule has 0 bridgehead atoms. The second kappa shape index (κ2) is 5.69. The lowest BCUT2D eigenvalue weighted by molar-refractivity contribution is 0.0488. The minimum absolute atomic E-state index is 0.0268. The third-order valence-corrected chi connectivity index (χ3v) is 5.62. The number of amides is 1. The molecule has 132 valence electrons. The minimum Gasteiger partial charge on any atom is -0.364 e. The molecule has 0 radical (unpaired) electrons. The molecule has 1 aliphatic heterocycles. The van der Waals surface area contributed by atoms with Gasteiger partial charge in [0, 0.05) is 37.4 Å². The predicted molar refractivity (Wildman–Crippen MR) is 90.3 cm³/mol. The third-order valence-electron chi connectivity index (χ3n) is 5.62. The van der Waals surface area contributed by atoms with E-state index in [-0.39, 0.29) is 11.9 Å². The molecule has 1 N–H and O–H groups in total. The number of H-pyrrole nitrogens is 1. The Bertz CT molecular complexity index is 789. The van der Waals surface area contributed by atoms with Crippen LogP contribution in [0.25, 0.3) is 0 Å². The molecule has 2 saturated carbocycles. The maximum Gasteiger partial charge on any atom is 0.255 e. The average Bonchev–Trinajstić information content (AvgIpc) is 3.56. The van der Waals surface area contributed by atoms with Crippen LogP contribution in [0.4, 0.5) is 0 Å². The van der Waals surface area contributed by atoms with Gasteiger partial charge in [0.2, 0.25) is 5.89 Å². The summed E-state index contributed by atoms with van der Waals surface area (Å²) in [6.07, 6.45) is 6.55. The number of hydrogen-bond acceptors (Lipinski definition) is 5. The number of nitrogens with one attached hydrogen (secondary N) is 1. The molecular weight excluding hydrogens is 318 g/mol. The Morgan fingerprint density at radius 3 is 2.80 bits per heavy atom. The standard InChI is InChI=1S/C18H23N5O2/c1-22-8-9-23(18(24)13-6-7-19-15(13)11-2-3-11)10-14(22)17-20-16(21-25-17)12-4-5-12/h6-7,11-12,14,19H,2-5,8-10H2,1H3/t14-/m0/s1. The molecule has 5 rings (SSSR count). The van der Waals surface area contributed by atoms with Gasteiger partial charge < -0.3 is 14.4 Å². The number of aromatic nitrogens is 3. The molecule has 7 nitrogen and oxygen atoms in total. The molecule has 0 unspecified atom stereocenters. The first-order valence-corrected chi connectivity index (χ1v) is 9.21. The Hall–Kier alpha value is -2.15. The Kier molecular flexibility index (Phi) is 3.45. The lowest BCUT2D eigenvalue weighted by atomic mass is 10.1. The van der Waals surface area contributed by atoms with Gasteiger partial charge in [-0.25, -0.2) is 0 Å². The van der Waals surface area contributed by atoms with Crippen LogP contribution in [-0.4, -0.2) is 57.5 Å². The fourth-order valence-electron chi connectivity index (χ4n) is 3.66. The summed E-state index contributed by atoms with van der Waals surface area (Å²) < 4.78 is 5.52. The monoisotopic (exact) mass is 341 g/mol. The van der Waals surface area contributed by atoms with Crippen molar-refractivity contribution in [3.63, 3.8) is 0 Å². The van der Waals surface area contributed by atoms with Gasteiger partial charge in [0.1, 0.15) is 6.04 Å². The minimum atomic E-state index is -0.0268. The summed E-state index contributed by atoms with van der Waals surface area (Å²) >= 11 is 0. The zero-order valence-corrected chi connectivity index (χ0v) is 14.4. The van der Waals surface area contributed by atoms with E-state index >= 15 is 0 Å². The van der Waals surface area contributed by atoms with E-state index in [2.05, 4.69) is 27.1 Å². The van der Waals surface area contributed by atoms with Crippen LogP contribution in [0.1, 0.15) is 71.3 Å². The van der Waals surface area contributed by atoms with E-state index in [0.29, 0.717) is 24.3 Å². The molecule has 1 atom stereocenters. The van der Waals surface area contributed by atoms with Gasteiger partial charge >= 0.3 is 0 Å². The first kappa shape index (κ1) is 15.1. The molecular formula is C18H23N5O2. The fraction of sp³-hybridized carbons (Fsp3) is 0.611. The van der Waals surface area contributed by atoms with E-state index in [4.69, 9.17) is 4.52 Å². The number of nitrogens with zero attached hydrogens (tertiary/aromatic N) is 4. The van der Waals surface area contributed by atoms with Crippen LogP contribution in [0.5, 0.6) is 0 Å². The number of carbonyl (C=O) groups excluding carboxylic acids is 1. The molecule has 3 fully saturated rings. The van der Waals surface area contributed by atoms with Crippen molar-refractivity contribution in [3.05, 3.63) is 35.2 Å². The Balaban J connectivity index is 1.35. The van der Waals surface area contributed by atoms with E-state index < -0.39 is 0 Å². The molecule has 25 heavy (non-hydrogen) atoms. The number of piperazine rings is 1. The van der Waals surface area contributed by atoms with Crippen LogP contribution >= 0.6 is 0 Å². The zero-order chi connectivity index (χ0) is 17.0. The summed E-state index contributed by atoms with van der Waals surface area (Å²) in [7, 11) is 2.05. The van der Waals surface area contributed by atoms with Crippen LogP contribution in [-0.2, 0) is 0 Å². The lowest BCUT2D eigenvalue weighted by Gasteiger charge is -2.37. The van der Waals surface area contributed by atoms with Gasteiger partial charge in [-0.2, -0.15) is 4.98 Å². The highest BCUT2D eigenvalue weighted by molar-refractivity contribution is 5.95. The van der Waals surface area contributed by atoms with Gasteiger partial charge in [0.15, 0.2) is 5.82 Å². The van der Waals surface area contributed by atoms with Crippen molar-refractivity contribution < 1.29 is 9.32 Å². The second-order valence-corrected chi connectivity index (χ2v) is 7.59. The number of hydrogen-bond donors (Lipinski definition) is 1. The van der Waals surface area contributed by atoms with Crippen molar-refractivity contribution in [2.24, 2.45) is 0 Å². The topological polar surface area (TPSA) is 78.3 Å². The van der Waals surface area contributed by atoms with Crippen molar-refractivity contribution in [3.8, 4) is 0 Å². The van der Waals surface area contributed by atoms with Gasteiger partial charge in [-0.05, 0) is 44.7 Å². The van der Waals surface area contributed by atoms with E-state index in [1.165, 1.54) is 12.8 Å². The number of rotatable bonds is 4. The summed E-state index contributed by atoms with van der Waals surface area (Å²) in [5.74, 6) is 2.59. The van der Waals surface area contributed by atoms with E-state index in [1.807, 2.05) is 17.2 Å². The van der Waals surface area contributed by atoms with Crippen molar-refractivity contribution in [2.45, 2.75) is 43.6 Å². The maximum atomic E-state index is 13.0. The van der Waals surface area contributed by atoms with Crippen molar-refractivity contribution in [1.82, 2.24) is 24.9 Å². The number of carbonyl (C=O) groups is 1. The quantitative estimate of drug-likeness (QED) is 0.923. The van der Waals surface area contributed by atoms with Gasteiger partial charge in [0.25, 0.3) is 5.91 Å². The molecule has 1 saturated heterocycles. The smallest absolute Gasteiger partial charge is 0.255 e. The molecule has 3 heterocycles. The third kappa shape index (κ3) is 2.76. The molecule has 2 aliphatic carbocycles. The Morgan fingerprint density at radius 1 is 1.24 bits per heavy atom. The van der Waals surface area contributed by atoms with Crippen LogP contribution in [0.15, 0.2) is 16.8 Å². The van der Waals surface area contributed by atoms with E-state index in [1.54, 1.807) is 0 Å². The molecule has 2 aromatic rings. The first-order valence-electron chi connectivity index (χ1n) is 9.21. The molecule has 0 aromatic carbocycles. The average molecular weight is 341 g/mol. The number of aromatic amines is 1. The Labute approximate surface area is 146 Å². The number of likely N-dealkylation sites (N-methyl/N-ethyl adjacent to an activating group) is 1. The Morgan fingerprint density at radius 2 is 2.04 bits per heavy atom. The maximum absolute atomic E-state index is 13.0. The molecule has 2 aromatic heterocycles. The van der Waals surface area contributed by atoms with Crippen molar-refractivity contribution in [1.29, 1.82) is 0 Å². The predicted octanol–water partition coefficient (Wildman–Crippen LogP) is 2.28. The molecule has 7 heteroatoms. The van der Waals surface area contributed by atoms with Gasteiger partial charge in [-0.15, -0.1) is 0 Å². The summed E-state index contributed by atoms with van der Waals surface area (Å²) in [6.45, 7) is 2.13. The first-order chi connectivity index (χ1) is 12.2. The highest BCUT2D eigenvalue weighted by Gasteiger charge is 2.37. The van der Waals surface area contributed by atoms with E-state index in [0.717, 1.165) is 43.0 Å². The van der Waals surface area contributed by atoms with Gasteiger partial charge in [-0.3, -0.25) is 9.69 Å². The highest BCUT2D eigenvalue weighted by Crippen LogP contribution is 2.41. The molecule has 3 aliphatic rings. The normalized spacial score (nSPS) is 24.7. The van der Waals surface area contributed by atoms with Crippen molar-refractivity contribution in [2.75, 3.05) is 26.7 Å². The second-order valence-electron chi connectivity index (χ2n) is 7.59. The van der Waals surface area contributed by atoms with Crippen LogP contribution in [0.3, 0.4) is 0 Å². The van der Waals surface area contributed by atoms with Gasteiger partial charge in [0.05, 0.1) is 5.56 Å². The van der Waals surface area contributed by atoms with Crippen LogP contribution in [0.2, 0.25) is 0 Å². The van der Waals surface area contributed by atoms with Gasteiger partial charge in [-0.1, -0.05) is 5.16 Å². The highest BCUT2D eigenvalue weighted by atomic mass is 16.5.